The van der Waals surface area contributed by atoms with E-state index in [1.165, 1.54) is 4.90 Å². The Hall–Kier alpha value is -1.99. The summed E-state index contributed by atoms with van der Waals surface area (Å²) in [6, 6.07) is 4.80. The minimum atomic E-state index is -1.09. The van der Waals surface area contributed by atoms with Gasteiger partial charge >= 0.3 is 6.09 Å². The summed E-state index contributed by atoms with van der Waals surface area (Å²) in [6.45, 7) is 5.44. The number of primary amides is 1. The molecule has 0 radical (unpaired) electrons. The van der Waals surface area contributed by atoms with E-state index in [1.54, 1.807) is 32.9 Å². The van der Waals surface area contributed by atoms with Crippen LogP contribution in [0.3, 0.4) is 0 Å². The van der Waals surface area contributed by atoms with E-state index in [9.17, 15) is 14.7 Å². The monoisotopic (exact) mass is 400 g/mol. The summed E-state index contributed by atoms with van der Waals surface area (Å²) in [5, 5.41) is 19.1. The van der Waals surface area contributed by atoms with Crippen LogP contribution in [0.25, 0.3) is 0 Å². The number of carbonyl (C=O) groups is 2. The lowest BCUT2D eigenvalue weighted by Gasteiger charge is -2.39. The topological polar surface area (TPSA) is 113 Å². The molecular formula is C19H29ClN2O5. The number of ether oxygens (including phenoxy) is 1. The van der Waals surface area contributed by atoms with Crippen molar-refractivity contribution in [3.63, 3.8) is 0 Å². The molecule has 0 saturated carbocycles. The van der Waals surface area contributed by atoms with Gasteiger partial charge in [0.25, 0.3) is 0 Å². The number of halogens is 1. The van der Waals surface area contributed by atoms with E-state index in [0.29, 0.717) is 23.6 Å². The number of nitrogens with two attached hydrogens (primary N) is 1. The van der Waals surface area contributed by atoms with Crippen molar-refractivity contribution >= 4 is 23.6 Å². The Labute approximate surface area is 165 Å². The van der Waals surface area contributed by atoms with Crippen LogP contribution in [0.5, 0.6) is 5.75 Å². The van der Waals surface area contributed by atoms with Crippen LogP contribution in [0.15, 0.2) is 18.2 Å². The number of carboxylic acid groups (broad SMARTS) is 1. The molecule has 27 heavy (non-hydrogen) atoms. The lowest BCUT2D eigenvalue weighted by molar-refractivity contribution is -0.118. The minimum Gasteiger partial charge on any atom is -0.490 e. The molecule has 0 saturated heterocycles. The molecule has 8 heteroatoms. The Kier molecular flexibility index (Phi) is 8.85. The summed E-state index contributed by atoms with van der Waals surface area (Å²) >= 11 is 6.38. The first-order chi connectivity index (χ1) is 12.6. The third kappa shape index (κ3) is 7.27. The quantitative estimate of drug-likeness (QED) is 0.558. The minimum absolute atomic E-state index is 0.0417. The van der Waals surface area contributed by atoms with Crippen molar-refractivity contribution in [2.24, 2.45) is 5.73 Å². The van der Waals surface area contributed by atoms with Gasteiger partial charge in [-0.15, -0.1) is 0 Å². The molecular weight excluding hydrogens is 372 g/mol. The molecule has 0 bridgehead atoms. The number of amides is 2. The summed E-state index contributed by atoms with van der Waals surface area (Å²) in [5.41, 5.74) is 5.41. The maximum absolute atomic E-state index is 11.8. The third-order valence-electron chi connectivity index (χ3n) is 4.10. The molecule has 0 fully saturated rings. The number of benzene rings is 1. The predicted octanol–water partition coefficient (Wildman–Crippen LogP) is 3.06. The fourth-order valence-electron chi connectivity index (χ4n) is 2.90. The number of hydrogen-bond donors (Lipinski definition) is 3. The second-order valence-electron chi connectivity index (χ2n) is 7.35. The van der Waals surface area contributed by atoms with Crippen LogP contribution in [-0.2, 0) is 11.2 Å². The molecule has 0 aromatic heterocycles. The average molecular weight is 401 g/mol. The summed E-state index contributed by atoms with van der Waals surface area (Å²) in [4.78, 5) is 24.3. The van der Waals surface area contributed by atoms with E-state index in [2.05, 4.69) is 0 Å². The highest BCUT2D eigenvalue weighted by Crippen LogP contribution is 2.30. The summed E-state index contributed by atoms with van der Waals surface area (Å²) in [6.07, 6.45) is 0.407. The second kappa shape index (κ2) is 10.4. The molecule has 152 valence electrons. The maximum Gasteiger partial charge on any atom is 0.408 e. The zero-order valence-corrected chi connectivity index (χ0v) is 16.8. The van der Waals surface area contributed by atoms with E-state index >= 15 is 0 Å². The molecule has 2 amide bonds. The zero-order chi connectivity index (χ0) is 20.6. The SMILES string of the molecule is CC(C)(C)N(C(=O)O)[C@@H](CCC(N)=O)COc1cccc(CCCO)c1Cl. The van der Waals surface area contributed by atoms with E-state index < -0.39 is 23.6 Å². The van der Waals surface area contributed by atoms with Crippen molar-refractivity contribution in [2.45, 2.75) is 58.0 Å². The van der Waals surface area contributed by atoms with Crippen LogP contribution in [-0.4, -0.2) is 51.9 Å². The van der Waals surface area contributed by atoms with Gasteiger partial charge < -0.3 is 20.7 Å². The van der Waals surface area contributed by atoms with Crippen LogP contribution < -0.4 is 10.5 Å². The van der Waals surface area contributed by atoms with Gasteiger partial charge in [0.05, 0.1) is 11.1 Å². The smallest absolute Gasteiger partial charge is 0.408 e. The molecule has 0 unspecified atom stereocenters. The molecule has 1 rings (SSSR count). The molecule has 0 aliphatic rings. The highest BCUT2D eigenvalue weighted by Gasteiger charge is 2.34. The number of nitrogens with zero attached hydrogens (tertiary/aromatic N) is 1. The van der Waals surface area contributed by atoms with Crippen LogP contribution in [0.4, 0.5) is 4.79 Å². The normalized spacial score (nSPS) is 12.5. The lowest BCUT2D eigenvalue weighted by atomic mass is 10.0. The molecule has 1 aromatic rings. The van der Waals surface area contributed by atoms with E-state index in [1.807, 2.05) is 6.07 Å². The Bertz CT molecular complexity index is 645. The van der Waals surface area contributed by atoms with Gasteiger partial charge in [-0.3, -0.25) is 9.69 Å². The summed E-state index contributed by atoms with van der Waals surface area (Å²) in [7, 11) is 0. The number of aryl methyl sites for hydroxylation is 1. The van der Waals surface area contributed by atoms with Crippen LogP contribution in [0, 0.1) is 0 Å². The summed E-state index contributed by atoms with van der Waals surface area (Å²) in [5.74, 6) is -0.0567. The van der Waals surface area contributed by atoms with E-state index in [0.717, 1.165) is 5.56 Å². The molecule has 7 nitrogen and oxygen atoms in total. The molecule has 0 aliphatic carbocycles. The number of rotatable bonds is 10. The molecule has 4 N–H and O–H groups in total. The number of aliphatic hydroxyl groups is 1. The van der Waals surface area contributed by atoms with Gasteiger partial charge in [-0.05, 0) is 51.7 Å². The van der Waals surface area contributed by atoms with Crippen molar-refractivity contribution in [1.29, 1.82) is 0 Å². The molecule has 0 spiro atoms. The lowest BCUT2D eigenvalue weighted by Crippen LogP contribution is -2.53. The Morgan fingerprint density at radius 1 is 1.33 bits per heavy atom. The first kappa shape index (κ1) is 23.0. The maximum atomic E-state index is 11.8. The zero-order valence-electron chi connectivity index (χ0n) is 16.1. The highest BCUT2D eigenvalue weighted by atomic mass is 35.5. The van der Waals surface area contributed by atoms with Crippen molar-refractivity contribution in [3.8, 4) is 5.75 Å². The van der Waals surface area contributed by atoms with Crippen molar-refractivity contribution in [2.75, 3.05) is 13.2 Å². The first-order valence-electron chi connectivity index (χ1n) is 8.89. The van der Waals surface area contributed by atoms with Crippen LogP contribution in [0.2, 0.25) is 5.02 Å². The molecule has 0 heterocycles. The third-order valence-corrected chi connectivity index (χ3v) is 4.53. The van der Waals surface area contributed by atoms with Crippen LogP contribution in [0.1, 0.15) is 45.6 Å². The first-order valence-corrected chi connectivity index (χ1v) is 9.27. The van der Waals surface area contributed by atoms with Crippen molar-refractivity contribution < 1.29 is 24.5 Å². The standard InChI is InChI=1S/C19H29ClN2O5/c1-19(2,3)22(18(25)26)14(9-10-16(21)24)12-27-15-8-4-6-13(17(15)20)7-5-11-23/h4,6,8,14,23H,5,7,9-12H2,1-3H3,(H2,21,24)(H,25,26)/t14-/m0/s1. The number of aliphatic hydroxyl groups excluding tert-OH is 1. The van der Waals surface area contributed by atoms with Crippen molar-refractivity contribution in [3.05, 3.63) is 28.8 Å². The van der Waals surface area contributed by atoms with E-state index in [-0.39, 0.29) is 26.1 Å². The Balaban J connectivity index is 2.99. The Morgan fingerprint density at radius 2 is 2.00 bits per heavy atom. The average Bonchev–Trinajstić information content (AvgIpc) is 2.55. The van der Waals surface area contributed by atoms with Gasteiger partial charge in [0.1, 0.15) is 12.4 Å². The van der Waals surface area contributed by atoms with Gasteiger partial charge in [-0.2, -0.15) is 0 Å². The van der Waals surface area contributed by atoms with Crippen molar-refractivity contribution in [1.82, 2.24) is 4.90 Å². The fourth-order valence-corrected chi connectivity index (χ4v) is 3.18. The molecule has 1 aromatic carbocycles. The highest BCUT2D eigenvalue weighted by molar-refractivity contribution is 6.32. The van der Waals surface area contributed by atoms with Gasteiger partial charge in [0.15, 0.2) is 0 Å². The second-order valence-corrected chi connectivity index (χ2v) is 7.73. The molecule has 1 atom stereocenters. The Morgan fingerprint density at radius 3 is 2.52 bits per heavy atom. The van der Waals surface area contributed by atoms with E-state index in [4.69, 9.17) is 27.2 Å². The fraction of sp³-hybridized carbons (Fsp3) is 0.579. The van der Waals surface area contributed by atoms with Crippen LogP contribution >= 0.6 is 11.6 Å². The van der Waals surface area contributed by atoms with Gasteiger partial charge in [0.2, 0.25) is 5.91 Å². The number of hydrogen-bond acceptors (Lipinski definition) is 4. The van der Waals surface area contributed by atoms with Gasteiger partial charge in [0, 0.05) is 18.6 Å². The van der Waals surface area contributed by atoms with Gasteiger partial charge in [-0.1, -0.05) is 23.7 Å². The predicted molar refractivity (Wildman–Crippen MR) is 104 cm³/mol. The number of carbonyl (C=O) groups excluding carboxylic acids is 1. The van der Waals surface area contributed by atoms with Gasteiger partial charge in [-0.25, -0.2) is 4.79 Å². The summed E-state index contributed by atoms with van der Waals surface area (Å²) < 4.78 is 5.83. The largest absolute Gasteiger partial charge is 0.490 e. The molecule has 0 aliphatic heterocycles.